The first kappa shape index (κ1) is 16.9. The number of rotatable bonds is 10. The zero-order chi connectivity index (χ0) is 15.3. The molecule has 114 valence electrons. The number of benzene rings is 1. The Hall–Kier alpha value is -2.12. The van der Waals surface area contributed by atoms with Crippen LogP contribution in [0.1, 0.15) is 10.4 Å². The van der Waals surface area contributed by atoms with Gasteiger partial charge in [0.05, 0.1) is 32.1 Å². The van der Waals surface area contributed by atoms with Gasteiger partial charge in [0.2, 0.25) is 0 Å². The molecule has 21 heavy (non-hydrogen) atoms. The van der Waals surface area contributed by atoms with Gasteiger partial charge in [-0.2, -0.15) is 0 Å². The van der Waals surface area contributed by atoms with Crippen molar-refractivity contribution in [1.29, 1.82) is 0 Å². The molecule has 0 unspecified atom stereocenters. The number of azide groups is 1. The molecule has 0 radical (unpaired) electrons. The Morgan fingerprint density at radius 1 is 1.24 bits per heavy atom. The predicted molar refractivity (Wildman–Crippen MR) is 78.3 cm³/mol. The first-order valence-electron chi connectivity index (χ1n) is 6.57. The van der Waals surface area contributed by atoms with Crippen LogP contribution in [0.3, 0.4) is 0 Å². The predicted octanol–water partition coefficient (Wildman–Crippen LogP) is 1.35. The summed E-state index contributed by atoms with van der Waals surface area (Å²) in [6.45, 7) is 2.66. The van der Waals surface area contributed by atoms with Gasteiger partial charge in [-0.25, -0.2) is 0 Å². The number of carbonyl (C=O) groups excluding carboxylic acids is 1. The van der Waals surface area contributed by atoms with Crippen molar-refractivity contribution >= 4 is 11.6 Å². The number of nitrogens with zero attached hydrogens (tertiary/aromatic N) is 3. The highest BCUT2D eigenvalue weighted by Gasteiger charge is 2.08. The molecule has 0 spiro atoms. The molecule has 0 aliphatic rings. The van der Waals surface area contributed by atoms with Gasteiger partial charge in [-0.1, -0.05) is 23.3 Å². The molecule has 0 heterocycles. The van der Waals surface area contributed by atoms with Crippen molar-refractivity contribution in [1.82, 2.24) is 5.32 Å². The molecule has 0 fully saturated rings. The first-order valence-corrected chi connectivity index (χ1v) is 6.57. The zero-order valence-electron chi connectivity index (χ0n) is 11.7. The number of ether oxygens (including phenoxy) is 2. The Kier molecular flexibility index (Phi) is 8.58. The second-order valence-electron chi connectivity index (χ2n) is 3.98. The Morgan fingerprint density at radius 3 is 2.67 bits per heavy atom. The fraction of sp³-hybridized carbons (Fsp3) is 0.462. The summed E-state index contributed by atoms with van der Waals surface area (Å²) in [5.41, 5.74) is 14.4. The minimum atomic E-state index is -0.305. The molecule has 0 saturated heterocycles. The standard InChI is InChI=1S/C13H19N5O3/c14-5-7-20-9-10-21-8-6-16-13(19)11-3-1-2-4-12(11)17-18-15/h1-4H,5-10,14H2,(H,16,19). The summed E-state index contributed by atoms with van der Waals surface area (Å²) >= 11 is 0. The smallest absolute Gasteiger partial charge is 0.251 e. The van der Waals surface area contributed by atoms with E-state index >= 15 is 0 Å². The molecule has 8 heteroatoms. The average Bonchev–Trinajstić information content (AvgIpc) is 2.50. The van der Waals surface area contributed by atoms with Gasteiger partial charge in [-0.3, -0.25) is 4.79 Å². The Balaban J connectivity index is 2.27. The maximum atomic E-state index is 11.9. The topological polar surface area (TPSA) is 122 Å². The third-order valence-electron chi connectivity index (χ3n) is 2.47. The molecule has 0 aromatic heterocycles. The molecule has 3 N–H and O–H groups in total. The molecular weight excluding hydrogens is 274 g/mol. The molecular formula is C13H19N5O3. The summed E-state index contributed by atoms with van der Waals surface area (Å²) < 4.78 is 10.4. The number of nitrogens with two attached hydrogens (primary N) is 1. The lowest BCUT2D eigenvalue weighted by Crippen LogP contribution is -2.27. The van der Waals surface area contributed by atoms with E-state index in [9.17, 15) is 4.79 Å². The van der Waals surface area contributed by atoms with Crippen LogP contribution in [0.5, 0.6) is 0 Å². The molecule has 1 aromatic carbocycles. The highest BCUT2D eigenvalue weighted by Crippen LogP contribution is 2.18. The van der Waals surface area contributed by atoms with E-state index in [1.807, 2.05) is 0 Å². The third-order valence-corrected chi connectivity index (χ3v) is 2.47. The van der Waals surface area contributed by atoms with Crippen molar-refractivity contribution in [3.8, 4) is 0 Å². The lowest BCUT2D eigenvalue weighted by molar-refractivity contribution is 0.0511. The minimum Gasteiger partial charge on any atom is -0.378 e. The molecule has 0 aliphatic carbocycles. The molecule has 8 nitrogen and oxygen atoms in total. The molecule has 1 amide bonds. The number of amides is 1. The van der Waals surface area contributed by atoms with Crippen molar-refractivity contribution in [2.24, 2.45) is 10.8 Å². The van der Waals surface area contributed by atoms with E-state index in [0.717, 1.165) is 0 Å². The molecule has 0 atom stereocenters. The Bertz CT molecular complexity index is 488. The Labute approximate surface area is 122 Å². The largest absolute Gasteiger partial charge is 0.378 e. The summed E-state index contributed by atoms with van der Waals surface area (Å²) in [6, 6.07) is 6.59. The van der Waals surface area contributed by atoms with Gasteiger partial charge in [0, 0.05) is 23.6 Å². The van der Waals surface area contributed by atoms with Crippen LogP contribution in [0, 0.1) is 0 Å². The summed E-state index contributed by atoms with van der Waals surface area (Å²) in [5, 5.41) is 6.17. The van der Waals surface area contributed by atoms with Crippen LogP contribution in [0.15, 0.2) is 29.4 Å². The number of hydrogen-bond donors (Lipinski definition) is 2. The van der Waals surface area contributed by atoms with E-state index in [4.69, 9.17) is 20.7 Å². The number of hydrogen-bond acceptors (Lipinski definition) is 5. The minimum absolute atomic E-state index is 0.300. The quantitative estimate of drug-likeness (QED) is 0.292. The SMILES string of the molecule is [N-]=[N+]=Nc1ccccc1C(=O)NCCOCCOCCN. The highest BCUT2D eigenvalue weighted by atomic mass is 16.5. The van der Waals surface area contributed by atoms with Crippen molar-refractivity contribution < 1.29 is 14.3 Å². The second kappa shape index (κ2) is 10.6. The molecule has 0 aliphatic heterocycles. The molecule has 0 bridgehead atoms. The van der Waals surface area contributed by atoms with E-state index in [1.54, 1.807) is 24.3 Å². The normalized spacial score (nSPS) is 9.95. The van der Waals surface area contributed by atoms with E-state index < -0.39 is 0 Å². The molecule has 1 aromatic rings. The van der Waals surface area contributed by atoms with Gasteiger partial charge >= 0.3 is 0 Å². The zero-order valence-corrected chi connectivity index (χ0v) is 11.7. The summed E-state index contributed by atoms with van der Waals surface area (Å²) in [4.78, 5) is 14.6. The maximum Gasteiger partial charge on any atom is 0.251 e. The fourth-order valence-corrected chi connectivity index (χ4v) is 1.54. The highest BCUT2D eigenvalue weighted by molar-refractivity contribution is 5.98. The van der Waals surface area contributed by atoms with Gasteiger partial charge in [0.1, 0.15) is 0 Å². The van der Waals surface area contributed by atoms with Crippen LogP contribution in [0.2, 0.25) is 0 Å². The van der Waals surface area contributed by atoms with Crippen LogP contribution in [-0.4, -0.2) is 45.4 Å². The van der Waals surface area contributed by atoms with Crippen molar-refractivity contribution in [3.63, 3.8) is 0 Å². The lowest BCUT2D eigenvalue weighted by Gasteiger charge is -2.08. The van der Waals surface area contributed by atoms with Crippen molar-refractivity contribution in [3.05, 3.63) is 40.3 Å². The molecule has 1 rings (SSSR count). The second-order valence-corrected chi connectivity index (χ2v) is 3.98. The number of carbonyl (C=O) groups is 1. The number of nitrogens with one attached hydrogen (secondary N) is 1. The van der Waals surface area contributed by atoms with Gasteiger partial charge in [0.15, 0.2) is 0 Å². The first-order chi connectivity index (χ1) is 10.3. The van der Waals surface area contributed by atoms with E-state index in [1.165, 1.54) is 0 Å². The fourth-order valence-electron chi connectivity index (χ4n) is 1.54. The lowest BCUT2D eigenvalue weighted by atomic mass is 10.1. The van der Waals surface area contributed by atoms with Crippen molar-refractivity contribution in [2.45, 2.75) is 0 Å². The summed E-state index contributed by atoms with van der Waals surface area (Å²) in [5.74, 6) is -0.305. The van der Waals surface area contributed by atoms with Crippen LogP contribution in [0.4, 0.5) is 5.69 Å². The van der Waals surface area contributed by atoms with E-state index in [-0.39, 0.29) is 5.91 Å². The summed E-state index contributed by atoms with van der Waals surface area (Å²) in [7, 11) is 0. The van der Waals surface area contributed by atoms with Crippen LogP contribution in [0.25, 0.3) is 10.4 Å². The maximum absolute atomic E-state index is 11.9. The van der Waals surface area contributed by atoms with Crippen LogP contribution in [-0.2, 0) is 9.47 Å². The van der Waals surface area contributed by atoms with Crippen LogP contribution >= 0.6 is 0 Å². The Morgan fingerprint density at radius 2 is 1.95 bits per heavy atom. The van der Waals surface area contributed by atoms with Gasteiger partial charge in [0.25, 0.3) is 5.91 Å². The van der Waals surface area contributed by atoms with Gasteiger partial charge < -0.3 is 20.5 Å². The molecule has 0 saturated carbocycles. The van der Waals surface area contributed by atoms with Gasteiger partial charge in [-0.15, -0.1) is 0 Å². The van der Waals surface area contributed by atoms with Crippen molar-refractivity contribution in [2.75, 3.05) is 39.5 Å². The van der Waals surface area contributed by atoms with E-state index in [2.05, 4.69) is 15.3 Å². The monoisotopic (exact) mass is 293 g/mol. The third kappa shape index (κ3) is 6.73. The van der Waals surface area contributed by atoms with Crippen LogP contribution < -0.4 is 11.1 Å². The van der Waals surface area contributed by atoms with E-state index in [0.29, 0.717) is 50.8 Å². The average molecular weight is 293 g/mol. The van der Waals surface area contributed by atoms with Gasteiger partial charge in [-0.05, 0) is 11.6 Å². The summed E-state index contributed by atoms with van der Waals surface area (Å²) in [6.07, 6.45) is 0.